The summed E-state index contributed by atoms with van der Waals surface area (Å²) in [5.41, 5.74) is 4.72. The van der Waals surface area contributed by atoms with Gasteiger partial charge in [-0.05, 0) is 12.1 Å². The minimum Gasteiger partial charge on any atom is -0.507 e. The Balaban J connectivity index is 1.60. The molecular weight excluding hydrogens is 338 g/mol. The topological polar surface area (TPSA) is 142 Å². The molecule has 0 aliphatic rings. The van der Waals surface area contributed by atoms with Crippen LogP contribution in [-0.2, 0) is 0 Å². The van der Waals surface area contributed by atoms with Crippen LogP contribution in [-0.4, -0.2) is 36.4 Å². The summed E-state index contributed by atoms with van der Waals surface area (Å²) in [6.45, 7) is 0. The van der Waals surface area contributed by atoms with Gasteiger partial charge in [0, 0.05) is 28.6 Å². The average molecular weight is 349 g/mol. The number of nitro benzene ring substituents is 1. The average Bonchev–Trinajstić information content (AvgIpc) is 3.01. The number of rotatable bonds is 4. The SMILES string of the molecule is O=[N+]([O-])c1ccc(O)c(/C=N/Nc2nnc3c(n2)[nH]c2ccccc23)c1. The van der Waals surface area contributed by atoms with E-state index in [1.165, 1.54) is 24.4 Å². The van der Waals surface area contributed by atoms with Crippen LogP contribution in [0.15, 0.2) is 47.6 Å². The van der Waals surface area contributed by atoms with Crippen LogP contribution in [0.25, 0.3) is 22.1 Å². The maximum absolute atomic E-state index is 10.8. The third-order valence-corrected chi connectivity index (χ3v) is 3.71. The van der Waals surface area contributed by atoms with Gasteiger partial charge in [0.15, 0.2) is 5.65 Å². The van der Waals surface area contributed by atoms with Gasteiger partial charge in [0.2, 0.25) is 0 Å². The van der Waals surface area contributed by atoms with Crippen LogP contribution in [0.4, 0.5) is 11.6 Å². The number of benzene rings is 2. The maximum Gasteiger partial charge on any atom is 0.270 e. The van der Waals surface area contributed by atoms with Crippen molar-refractivity contribution in [3.8, 4) is 5.75 Å². The fourth-order valence-electron chi connectivity index (χ4n) is 2.49. The number of hydrogen-bond donors (Lipinski definition) is 3. The molecule has 0 radical (unpaired) electrons. The van der Waals surface area contributed by atoms with Crippen molar-refractivity contribution in [2.75, 3.05) is 5.43 Å². The number of nitro groups is 1. The highest BCUT2D eigenvalue weighted by Crippen LogP contribution is 2.22. The lowest BCUT2D eigenvalue weighted by Crippen LogP contribution is -1.99. The molecule has 26 heavy (non-hydrogen) atoms. The first-order chi connectivity index (χ1) is 12.6. The van der Waals surface area contributed by atoms with E-state index in [-0.39, 0.29) is 22.9 Å². The Bertz CT molecular complexity index is 1170. The van der Waals surface area contributed by atoms with Crippen LogP contribution in [0.2, 0.25) is 0 Å². The standard InChI is InChI=1S/C16H11N7O3/c24-13-6-5-10(23(25)26)7-9(13)8-17-21-16-19-15-14(20-22-16)11-3-1-2-4-12(11)18-15/h1-8,24H,(H2,18,19,21,22)/b17-8+. The van der Waals surface area contributed by atoms with E-state index in [0.29, 0.717) is 11.2 Å². The number of H-pyrrole nitrogens is 1. The van der Waals surface area contributed by atoms with Crippen molar-refractivity contribution in [1.29, 1.82) is 0 Å². The predicted octanol–water partition coefficient (Wildman–Crippen LogP) is 2.57. The fourth-order valence-corrected chi connectivity index (χ4v) is 2.49. The first-order valence-electron chi connectivity index (χ1n) is 7.49. The third-order valence-electron chi connectivity index (χ3n) is 3.71. The molecule has 128 valence electrons. The molecule has 4 aromatic rings. The Morgan fingerprint density at radius 3 is 2.92 bits per heavy atom. The molecule has 10 nitrogen and oxygen atoms in total. The molecule has 2 aromatic carbocycles. The lowest BCUT2D eigenvalue weighted by atomic mass is 10.2. The number of aromatic nitrogens is 4. The molecule has 0 fully saturated rings. The van der Waals surface area contributed by atoms with Crippen LogP contribution in [0.1, 0.15) is 5.56 Å². The van der Waals surface area contributed by atoms with E-state index in [1.54, 1.807) is 0 Å². The molecular formula is C16H11N7O3. The normalized spacial score (nSPS) is 11.4. The van der Waals surface area contributed by atoms with Gasteiger partial charge in [-0.1, -0.05) is 18.2 Å². The molecule has 10 heteroatoms. The van der Waals surface area contributed by atoms with E-state index in [2.05, 4.69) is 30.7 Å². The van der Waals surface area contributed by atoms with Crippen LogP contribution in [0.3, 0.4) is 0 Å². The van der Waals surface area contributed by atoms with Crippen LogP contribution in [0.5, 0.6) is 5.75 Å². The van der Waals surface area contributed by atoms with E-state index < -0.39 is 4.92 Å². The number of hydrogen-bond acceptors (Lipinski definition) is 8. The number of fused-ring (bicyclic) bond motifs is 3. The van der Waals surface area contributed by atoms with E-state index in [0.717, 1.165) is 10.9 Å². The van der Waals surface area contributed by atoms with Crippen molar-refractivity contribution in [2.24, 2.45) is 5.10 Å². The number of phenols is 1. The largest absolute Gasteiger partial charge is 0.507 e. The van der Waals surface area contributed by atoms with Gasteiger partial charge in [0.25, 0.3) is 11.6 Å². The van der Waals surface area contributed by atoms with Gasteiger partial charge in [0.05, 0.1) is 11.1 Å². The lowest BCUT2D eigenvalue weighted by Gasteiger charge is -1.99. The van der Waals surface area contributed by atoms with Gasteiger partial charge < -0.3 is 10.1 Å². The molecule has 0 amide bonds. The van der Waals surface area contributed by atoms with Crippen LogP contribution < -0.4 is 5.43 Å². The van der Waals surface area contributed by atoms with Crippen molar-refractivity contribution in [1.82, 2.24) is 20.2 Å². The minimum atomic E-state index is -0.554. The molecule has 0 unspecified atom stereocenters. The van der Waals surface area contributed by atoms with E-state index in [9.17, 15) is 15.2 Å². The highest BCUT2D eigenvalue weighted by atomic mass is 16.6. The zero-order chi connectivity index (χ0) is 18.1. The summed E-state index contributed by atoms with van der Waals surface area (Å²) in [5, 5.41) is 33.4. The zero-order valence-electron chi connectivity index (χ0n) is 13.1. The fraction of sp³-hybridized carbons (Fsp3) is 0. The summed E-state index contributed by atoms with van der Waals surface area (Å²) < 4.78 is 0. The Hall–Kier alpha value is -4.08. The highest BCUT2D eigenvalue weighted by Gasteiger charge is 2.10. The number of anilines is 1. The van der Waals surface area contributed by atoms with Crippen LogP contribution in [0, 0.1) is 10.1 Å². The zero-order valence-corrected chi connectivity index (χ0v) is 13.1. The molecule has 0 saturated carbocycles. The molecule has 0 saturated heterocycles. The number of para-hydroxylation sites is 1. The molecule has 2 aromatic heterocycles. The van der Waals surface area contributed by atoms with Gasteiger partial charge in [0.1, 0.15) is 11.3 Å². The molecule has 2 heterocycles. The number of nitrogens with zero attached hydrogens (tertiary/aromatic N) is 5. The molecule has 0 atom stereocenters. The predicted molar refractivity (Wildman–Crippen MR) is 95.2 cm³/mol. The number of aromatic hydroxyl groups is 1. The Morgan fingerprint density at radius 2 is 2.08 bits per heavy atom. The smallest absolute Gasteiger partial charge is 0.270 e. The molecule has 4 rings (SSSR count). The molecule has 0 aliphatic heterocycles. The van der Waals surface area contributed by atoms with Crippen molar-refractivity contribution < 1.29 is 10.0 Å². The Morgan fingerprint density at radius 1 is 1.23 bits per heavy atom. The quantitative estimate of drug-likeness (QED) is 0.292. The number of hydrazone groups is 1. The Kier molecular flexibility index (Phi) is 3.62. The summed E-state index contributed by atoms with van der Waals surface area (Å²) in [6, 6.07) is 11.3. The summed E-state index contributed by atoms with van der Waals surface area (Å²) in [5.74, 6) is 0.0106. The maximum atomic E-state index is 10.8. The number of phenolic OH excluding ortho intramolecular Hbond substituents is 1. The third kappa shape index (κ3) is 2.75. The van der Waals surface area contributed by atoms with Crippen LogP contribution >= 0.6 is 0 Å². The summed E-state index contributed by atoms with van der Waals surface area (Å²) >= 11 is 0. The van der Waals surface area contributed by atoms with Crippen molar-refractivity contribution >= 4 is 39.9 Å². The molecule has 0 spiro atoms. The summed E-state index contributed by atoms with van der Waals surface area (Å²) in [7, 11) is 0. The number of aromatic amines is 1. The van der Waals surface area contributed by atoms with E-state index >= 15 is 0 Å². The monoisotopic (exact) mass is 349 g/mol. The molecule has 0 aliphatic carbocycles. The second-order valence-corrected chi connectivity index (χ2v) is 5.37. The van der Waals surface area contributed by atoms with Crippen molar-refractivity contribution in [2.45, 2.75) is 0 Å². The molecule has 3 N–H and O–H groups in total. The second kappa shape index (κ2) is 6.09. The van der Waals surface area contributed by atoms with Gasteiger partial charge in [-0.15, -0.1) is 10.2 Å². The number of nitrogens with one attached hydrogen (secondary N) is 2. The Labute approximate surface area is 145 Å². The summed E-state index contributed by atoms with van der Waals surface area (Å²) in [6.07, 6.45) is 1.24. The summed E-state index contributed by atoms with van der Waals surface area (Å²) in [4.78, 5) is 17.7. The van der Waals surface area contributed by atoms with Gasteiger partial charge in [-0.3, -0.25) is 10.1 Å². The first kappa shape index (κ1) is 15.4. The van der Waals surface area contributed by atoms with Crippen molar-refractivity contribution in [3.05, 3.63) is 58.1 Å². The minimum absolute atomic E-state index is 0.133. The van der Waals surface area contributed by atoms with E-state index in [1.807, 2.05) is 24.3 Å². The lowest BCUT2D eigenvalue weighted by molar-refractivity contribution is -0.384. The highest BCUT2D eigenvalue weighted by molar-refractivity contribution is 6.03. The van der Waals surface area contributed by atoms with Gasteiger partial charge in [-0.25, -0.2) is 5.43 Å². The van der Waals surface area contributed by atoms with Gasteiger partial charge in [-0.2, -0.15) is 10.1 Å². The van der Waals surface area contributed by atoms with Gasteiger partial charge >= 0.3 is 0 Å². The first-order valence-corrected chi connectivity index (χ1v) is 7.49. The number of non-ortho nitro benzene ring substituents is 1. The van der Waals surface area contributed by atoms with Crippen molar-refractivity contribution in [3.63, 3.8) is 0 Å². The van der Waals surface area contributed by atoms with E-state index in [4.69, 9.17) is 0 Å². The second-order valence-electron chi connectivity index (χ2n) is 5.37. The molecule has 0 bridgehead atoms.